The maximum absolute atomic E-state index is 14.1. The molecular formula is C35H43F4N5O3. The summed E-state index contributed by atoms with van der Waals surface area (Å²) < 4.78 is 61.7. The Morgan fingerprint density at radius 1 is 1.13 bits per heavy atom. The number of hydrogen-bond acceptors (Lipinski definition) is 6. The Labute approximate surface area is 272 Å². The Morgan fingerprint density at radius 3 is 2.49 bits per heavy atom. The number of halogens is 4. The molecule has 1 saturated carbocycles. The van der Waals surface area contributed by atoms with Crippen molar-refractivity contribution in [1.82, 2.24) is 19.4 Å². The van der Waals surface area contributed by atoms with Crippen LogP contribution in [0.25, 0.3) is 5.69 Å². The van der Waals surface area contributed by atoms with Gasteiger partial charge in [-0.25, -0.2) is 9.37 Å². The van der Waals surface area contributed by atoms with E-state index in [9.17, 15) is 27.2 Å². The van der Waals surface area contributed by atoms with Gasteiger partial charge in [-0.1, -0.05) is 12.5 Å². The Hall–Kier alpha value is -3.93. The lowest BCUT2D eigenvalue weighted by molar-refractivity contribution is -0.140. The molecule has 5 rings (SSSR count). The van der Waals surface area contributed by atoms with Gasteiger partial charge >= 0.3 is 6.18 Å². The highest BCUT2D eigenvalue weighted by molar-refractivity contribution is 5.79. The van der Waals surface area contributed by atoms with Crippen LogP contribution in [0.1, 0.15) is 81.4 Å². The second-order valence-corrected chi connectivity index (χ2v) is 12.5. The molecule has 1 amide bonds. The zero-order chi connectivity index (χ0) is 33.9. The molecule has 12 heteroatoms. The SMILES string of the molecule is CCOc1ccc(-n2c(C(C)N(CCC(C)N(C)C3CCC3)C(=O)Cc3ccc(F)c(C(F)(F)F)c3)nc3c(c2=O)CCCN3)cc1. The number of rotatable bonds is 12. The van der Waals surface area contributed by atoms with Crippen molar-refractivity contribution >= 4 is 11.7 Å². The Morgan fingerprint density at radius 2 is 1.85 bits per heavy atom. The smallest absolute Gasteiger partial charge is 0.419 e. The fraction of sp³-hybridized carbons (Fsp3) is 0.514. The van der Waals surface area contributed by atoms with Crippen LogP contribution < -0.4 is 15.6 Å². The maximum atomic E-state index is 14.1. The van der Waals surface area contributed by atoms with Crippen LogP contribution in [0.15, 0.2) is 47.3 Å². The van der Waals surface area contributed by atoms with Gasteiger partial charge in [-0.15, -0.1) is 0 Å². The minimum absolute atomic E-state index is 0.0459. The predicted octanol–water partition coefficient (Wildman–Crippen LogP) is 6.54. The Kier molecular flexibility index (Phi) is 10.6. The number of hydrogen-bond donors (Lipinski definition) is 1. The van der Waals surface area contributed by atoms with E-state index >= 15 is 0 Å². The van der Waals surface area contributed by atoms with E-state index in [4.69, 9.17) is 9.72 Å². The average molecular weight is 658 g/mol. The summed E-state index contributed by atoms with van der Waals surface area (Å²) in [6, 6.07) is 9.58. The summed E-state index contributed by atoms with van der Waals surface area (Å²) in [7, 11) is 2.07. The molecule has 2 atom stereocenters. The number of ether oxygens (including phenoxy) is 1. The highest BCUT2D eigenvalue weighted by atomic mass is 19.4. The first kappa shape index (κ1) is 34.4. The van der Waals surface area contributed by atoms with E-state index in [-0.39, 0.29) is 30.1 Å². The van der Waals surface area contributed by atoms with Gasteiger partial charge in [-0.2, -0.15) is 13.2 Å². The summed E-state index contributed by atoms with van der Waals surface area (Å²) in [5.74, 6) is -0.393. The molecule has 3 aromatic rings. The number of nitrogens with zero attached hydrogens (tertiary/aromatic N) is 4. The third-order valence-electron chi connectivity index (χ3n) is 9.49. The van der Waals surface area contributed by atoms with Gasteiger partial charge in [0.25, 0.3) is 5.56 Å². The first-order valence-electron chi connectivity index (χ1n) is 16.4. The Bertz CT molecular complexity index is 1620. The van der Waals surface area contributed by atoms with Crippen LogP contribution in [0.2, 0.25) is 0 Å². The molecular weight excluding hydrogens is 614 g/mol. The van der Waals surface area contributed by atoms with E-state index in [1.165, 1.54) is 17.1 Å². The molecule has 47 heavy (non-hydrogen) atoms. The second kappa shape index (κ2) is 14.5. The molecule has 1 aliphatic heterocycles. The lowest BCUT2D eigenvalue weighted by atomic mass is 9.90. The predicted molar refractivity (Wildman–Crippen MR) is 173 cm³/mol. The summed E-state index contributed by atoms with van der Waals surface area (Å²) in [4.78, 5) is 37.0. The molecule has 0 radical (unpaired) electrons. The molecule has 1 aromatic heterocycles. The number of aromatic nitrogens is 2. The van der Waals surface area contributed by atoms with Crippen LogP contribution in [0.5, 0.6) is 5.75 Å². The molecule has 2 aliphatic rings. The standard InChI is InChI=1S/C35H43F4N5O3/c1-5-47-27-14-12-26(13-15-27)44-33(41-32-28(34(44)46)10-7-18-40-32)23(3)43(19-17-22(2)42(4)25-8-6-9-25)31(45)21-24-11-16-30(36)29(20-24)35(37,38)39/h11-16,20,22-23,25,40H,5-10,17-19,21H2,1-4H3. The molecule has 254 valence electrons. The van der Waals surface area contributed by atoms with Crippen molar-refractivity contribution in [3.05, 3.63) is 81.2 Å². The van der Waals surface area contributed by atoms with Crippen molar-refractivity contribution in [2.45, 2.75) is 90.0 Å². The normalized spacial score (nSPS) is 16.2. The van der Waals surface area contributed by atoms with Gasteiger partial charge in [0.2, 0.25) is 5.91 Å². The number of benzene rings is 2. The van der Waals surface area contributed by atoms with Gasteiger partial charge < -0.3 is 19.9 Å². The maximum Gasteiger partial charge on any atom is 0.419 e. The van der Waals surface area contributed by atoms with E-state index in [2.05, 4.69) is 24.2 Å². The third kappa shape index (κ3) is 7.63. The highest BCUT2D eigenvalue weighted by Crippen LogP contribution is 2.33. The zero-order valence-corrected chi connectivity index (χ0v) is 27.4. The van der Waals surface area contributed by atoms with Crippen LogP contribution >= 0.6 is 0 Å². The van der Waals surface area contributed by atoms with Crippen molar-refractivity contribution in [2.24, 2.45) is 0 Å². The summed E-state index contributed by atoms with van der Waals surface area (Å²) in [5.41, 5.74) is -0.498. The zero-order valence-electron chi connectivity index (χ0n) is 27.4. The molecule has 1 N–H and O–H groups in total. The number of carbonyl (C=O) groups excluding carboxylic acids is 1. The quantitative estimate of drug-likeness (QED) is 0.223. The van der Waals surface area contributed by atoms with E-state index < -0.39 is 29.5 Å². The molecule has 1 fully saturated rings. The van der Waals surface area contributed by atoms with E-state index in [1.54, 1.807) is 36.1 Å². The summed E-state index contributed by atoms with van der Waals surface area (Å²) in [5, 5.41) is 3.23. The minimum atomic E-state index is -4.90. The van der Waals surface area contributed by atoms with Gasteiger partial charge in [-0.05, 0) is 102 Å². The van der Waals surface area contributed by atoms with Gasteiger partial charge in [0, 0.05) is 25.2 Å². The number of amides is 1. The van der Waals surface area contributed by atoms with E-state index in [1.807, 2.05) is 6.92 Å². The summed E-state index contributed by atoms with van der Waals surface area (Å²) in [6.07, 6.45) is 0.0660. The molecule has 2 unspecified atom stereocenters. The van der Waals surface area contributed by atoms with Crippen LogP contribution in [0, 0.1) is 5.82 Å². The number of alkyl halides is 3. The first-order valence-corrected chi connectivity index (χ1v) is 16.4. The molecule has 0 bridgehead atoms. The van der Waals surface area contributed by atoms with Crippen LogP contribution in [-0.2, 0) is 23.8 Å². The summed E-state index contributed by atoms with van der Waals surface area (Å²) >= 11 is 0. The van der Waals surface area contributed by atoms with Crippen molar-refractivity contribution in [2.75, 3.05) is 32.1 Å². The molecule has 0 saturated heterocycles. The minimum Gasteiger partial charge on any atom is -0.494 e. The largest absolute Gasteiger partial charge is 0.494 e. The highest BCUT2D eigenvalue weighted by Gasteiger charge is 2.35. The molecule has 2 heterocycles. The van der Waals surface area contributed by atoms with Crippen molar-refractivity contribution < 1.29 is 27.1 Å². The van der Waals surface area contributed by atoms with Gasteiger partial charge in [0.05, 0.1) is 35.9 Å². The first-order chi connectivity index (χ1) is 22.4. The molecule has 0 spiro atoms. The van der Waals surface area contributed by atoms with Gasteiger partial charge in [0.1, 0.15) is 23.2 Å². The topological polar surface area (TPSA) is 79.7 Å². The number of anilines is 1. The lowest BCUT2D eigenvalue weighted by Gasteiger charge is -2.40. The fourth-order valence-electron chi connectivity index (χ4n) is 6.34. The monoisotopic (exact) mass is 657 g/mol. The van der Waals surface area contributed by atoms with E-state index in [0.29, 0.717) is 66.7 Å². The van der Waals surface area contributed by atoms with Gasteiger partial charge in [0.15, 0.2) is 0 Å². The van der Waals surface area contributed by atoms with Crippen molar-refractivity contribution in [3.8, 4) is 11.4 Å². The van der Waals surface area contributed by atoms with Crippen molar-refractivity contribution in [1.29, 1.82) is 0 Å². The fourth-order valence-corrected chi connectivity index (χ4v) is 6.34. The molecule has 8 nitrogen and oxygen atoms in total. The number of fused-ring (bicyclic) bond motifs is 1. The third-order valence-corrected chi connectivity index (χ3v) is 9.49. The Balaban J connectivity index is 1.54. The van der Waals surface area contributed by atoms with Crippen molar-refractivity contribution in [3.63, 3.8) is 0 Å². The summed E-state index contributed by atoms with van der Waals surface area (Å²) in [6.45, 7) is 7.17. The second-order valence-electron chi connectivity index (χ2n) is 12.5. The van der Waals surface area contributed by atoms with E-state index in [0.717, 1.165) is 25.3 Å². The molecule has 1 aliphatic carbocycles. The van der Waals surface area contributed by atoms with Crippen LogP contribution in [-0.4, -0.2) is 64.1 Å². The van der Waals surface area contributed by atoms with Crippen LogP contribution in [0.3, 0.4) is 0 Å². The number of carbonyl (C=O) groups is 1. The lowest BCUT2D eigenvalue weighted by Crippen LogP contribution is -2.45. The van der Waals surface area contributed by atoms with Gasteiger partial charge in [-0.3, -0.25) is 14.2 Å². The number of nitrogens with one attached hydrogen (secondary N) is 1. The van der Waals surface area contributed by atoms with Crippen LogP contribution in [0.4, 0.5) is 23.4 Å². The molecule has 2 aromatic carbocycles. The average Bonchev–Trinajstić information content (AvgIpc) is 3.01.